The molecule has 132 valence electrons. The fourth-order valence-electron chi connectivity index (χ4n) is 5.67. The van der Waals surface area contributed by atoms with Gasteiger partial charge >= 0.3 is 11.9 Å². The molecule has 0 aromatic rings. The molecule has 0 aromatic carbocycles. The smallest absolute Gasteiger partial charge is 0.330 e. The van der Waals surface area contributed by atoms with Crippen LogP contribution in [-0.4, -0.2) is 24.6 Å². The van der Waals surface area contributed by atoms with Gasteiger partial charge in [-0.05, 0) is 74.5 Å². The second-order valence-electron chi connectivity index (χ2n) is 7.72. The lowest BCUT2D eigenvalue weighted by atomic mass is 9.75. The zero-order chi connectivity index (χ0) is 17.3. The van der Waals surface area contributed by atoms with Crippen molar-refractivity contribution in [1.82, 2.24) is 0 Å². The van der Waals surface area contributed by atoms with Crippen LogP contribution in [0, 0.1) is 35.5 Å². The van der Waals surface area contributed by atoms with E-state index in [1.165, 1.54) is 37.8 Å². The summed E-state index contributed by atoms with van der Waals surface area (Å²) in [5.41, 5.74) is 0. The van der Waals surface area contributed by atoms with Crippen LogP contribution in [0.25, 0.3) is 0 Å². The fraction of sp³-hybridized carbons (Fsp3) is 0.700. The van der Waals surface area contributed by atoms with E-state index in [0.717, 1.165) is 30.1 Å². The lowest BCUT2D eigenvalue weighted by Gasteiger charge is -2.31. The molecule has 4 nitrogen and oxygen atoms in total. The molecule has 0 aliphatic heterocycles. The molecule has 0 radical (unpaired) electrons. The molecule has 0 spiro atoms. The van der Waals surface area contributed by atoms with Gasteiger partial charge in [0, 0.05) is 12.2 Å². The van der Waals surface area contributed by atoms with Crippen molar-refractivity contribution >= 4 is 11.9 Å². The Morgan fingerprint density at radius 2 is 1.75 bits per heavy atom. The van der Waals surface area contributed by atoms with E-state index >= 15 is 0 Å². The van der Waals surface area contributed by atoms with Crippen LogP contribution in [0.15, 0.2) is 25.3 Å². The van der Waals surface area contributed by atoms with Crippen LogP contribution in [0.3, 0.4) is 0 Å². The minimum atomic E-state index is -0.324. The highest BCUT2D eigenvalue weighted by molar-refractivity contribution is 5.81. The Morgan fingerprint density at radius 3 is 2.46 bits per heavy atom. The van der Waals surface area contributed by atoms with E-state index in [4.69, 9.17) is 9.47 Å². The highest BCUT2D eigenvalue weighted by Crippen LogP contribution is 2.63. The van der Waals surface area contributed by atoms with Gasteiger partial charge in [-0.3, -0.25) is 0 Å². The van der Waals surface area contributed by atoms with Crippen molar-refractivity contribution in [3.63, 3.8) is 0 Å². The molecule has 3 rings (SSSR count). The number of rotatable bonds is 7. The summed E-state index contributed by atoms with van der Waals surface area (Å²) in [7, 11) is 0. The molecular formula is C20H28O4. The normalized spacial score (nSPS) is 37.5. The topological polar surface area (TPSA) is 52.6 Å². The SMILES string of the molecule is C=CC(=O)OCCC1CC2CC1C1CC(C(C)OC(=O)C=C)CC21. The van der Waals surface area contributed by atoms with E-state index < -0.39 is 0 Å². The quantitative estimate of drug-likeness (QED) is 0.529. The predicted molar refractivity (Wildman–Crippen MR) is 90.9 cm³/mol. The van der Waals surface area contributed by atoms with Gasteiger partial charge in [-0.1, -0.05) is 13.2 Å². The van der Waals surface area contributed by atoms with Gasteiger partial charge in [-0.25, -0.2) is 9.59 Å². The van der Waals surface area contributed by atoms with Crippen molar-refractivity contribution in [2.24, 2.45) is 35.5 Å². The van der Waals surface area contributed by atoms with Crippen molar-refractivity contribution in [3.05, 3.63) is 25.3 Å². The maximum Gasteiger partial charge on any atom is 0.330 e. The molecule has 4 heteroatoms. The summed E-state index contributed by atoms with van der Waals surface area (Å²) in [6.45, 7) is 9.42. The van der Waals surface area contributed by atoms with Crippen molar-refractivity contribution in [3.8, 4) is 0 Å². The van der Waals surface area contributed by atoms with E-state index in [-0.39, 0.29) is 18.0 Å². The third-order valence-electron chi connectivity index (χ3n) is 6.67. The van der Waals surface area contributed by atoms with E-state index in [2.05, 4.69) is 13.2 Å². The number of ether oxygens (including phenoxy) is 2. The number of carbonyl (C=O) groups excluding carboxylic acids is 2. The van der Waals surface area contributed by atoms with Crippen LogP contribution in [0.4, 0.5) is 0 Å². The Kier molecular flexibility index (Phi) is 5.12. The Hall–Kier alpha value is -1.58. The second kappa shape index (κ2) is 7.12. The lowest BCUT2D eigenvalue weighted by molar-refractivity contribution is -0.144. The summed E-state index contributed by atoms with van der Waals surface area (Å²) in [4.78, 5) is 22.6. The molecule has 3 fully saturated rings. The molecule has 0 heterocycles. The maximum atomic E-state index is 11.4. The first-order valence-electron chi connectivity index (χ1n) is 9.15. The van der Waals surface area contributed by atoms with Gasteiger partial charge in [0.15, 0.2) is 0 Å². The van der Waals surface area contributed by atoms with Crippen molar-refractivity contribution in [2.75, 3.05) is 6.61 Å². The summed E-state index contributed by atoms with van der Waals surface area (Å²) in [5.74, 6) is 3.65. The summed E-state index contributed by atoms with van der Waals surface area (Å²) < 4.78 is 10.6. The van der Waals surface area contributed by atoms with Gasteiger partial charge < -0.3 is 9.47 Å². The zero-order valence-corrected chi connectivity index (χ0v) is 14.5. The monoisotopic (exact) mass is 332 g/mol. The lowest BCUT2D eigenvalue weighted by Crippen LogP contribution is -2.25. The first kappa shape index (κ1) is 17.2. The Labute approximate surface area is 144 Å². The summed E-state index contributed by atoms with van der Waals surface area (Å²) in [6.07, 6.45) is 8.38. The molecule has 3 aliphatic carbocycles. The Bertz CT molecular complexity index is 526. The van der Waals surface area contributed by atoms with Crippen LogP contribution in [-0.2, 0) is 19.1 Å². The Balaban J connectivity index is 1.51. The molecule has 7 unspecified atom stereocenters. The molecule has 2 bridgehead atoms. The standard InChI is InChI=1S/C20H28O4/c1-4-19(21)23-7-6-13-8-15-11-16(13)18-10-14(9-17(15)18)12(3)24-20(22)5-2/h4-5,12-18H,1-2,6-11H2,3H3. The van der Waals surface area contributed by atoms with E-state index in [1.807, 2.05) is 6.92 Å². The highest BCUT2D eigenvalue weighted by atomic mass is 16.5. The zero-order valence-electron chi connectivity index (χ0n) is 14.5. The fourth-order valence-corrected chi connectivity index (χ4v) is 5.67. The van der Waals surface area contributed by atoms with Crippen molar-refractivity contribution in [1.29, 1.82) is 0 Å². The molecular weight excluding hydrogens is 304 g/mol. The van der Waals surface area contributed by atoms with Gasteiger partial charge in [-0.2, -0.15) is 0 Å². The first-order valence-corrected chi connectivity index (χ1v) is 9.15. The van der Waals surface area contributed by atoms with Crippen LogP contribution in [0.1, 0.15) is 39.0 Å². The molecule has 0 aromatic heterocycles. The molecule has 3 aliphatic rings. The largest absolute Gasteiger partial charge is 0.463 e. The summed E-state index contributed by atoms with van der Waals surface area (Å²) in [6, 6.07) is 0. The molecule has 0 N–H and O–H groups in total. The van der Waals surface area contributed by atoms with Crippen LogP contribution in [0.2, 0.25) is 0 Å². The molecule has 7 atom stereocenters. The third kappa shape index (κ3) is 3.28. The van der Waals surface area contributed by atoms with E-state index in [0.29, 0.717) is 18.4 Å². The molecule has 24 heavy (non-hydrogen) atoms. The number of fused-ring (bicyclic) bond motifs is 5. The van der Waals surface area contributed by atoms with E-state index in [9.17, 15) is 9.59 Å². The molecule has 0 saturated heterocycles. The average Bonchev–Trinajstić information content (AvgIpc) is 3.25. The van der Waals surface area contributed by atoms with Crippen LogP contribution < -0.4 is 0 Å². The second-order valence-corrected chi connectivity index (χ2v) is 7.72. The van der Waals surface area contributed by atoms with Crippen LogP contribution in [0.5, 0.6) is 0 Å². The summed E-state index contributed by atoms with van der Waals surface area (Å²) >= 11 is 0. The average molecular weight is 332 g/mol. The van der Waals surface area contributed by atoms with E-state index in [1.54, 1.807) is 0 Å². The third-order valence-corrected chi connectivity index (χ3v) is 6.67. The van der Waals surface area contributed by atoms with Gasteiger partial charge in [-0.15, -0.1) is 0 Å². The number of hydrogen-bond donors (Lipinski definition) is 0. The Morgan fingerprint density at radius 1 is 1.04 bits per heavy atom. The molecule has 0 amide bonds. The number of esters is 2. The predicted octanol–water partition coefficient (Wildman–Crippen LogP) is 3.52. The van der Waals surface area contributed by atoms with Gasteiger partial charge in [0.25, 0.3) is 0 Å². The first-order chi connectivity index (χ1) is 11.5. The highest BCUT2D eigenvalue weighted by Gasteiger charge is 2.56. The summed E-state index contributed by atoms with van der Waals surface area (Å²) in [5, 5.41) is 0. The van der Waals surface area contributed by atoms with Gasteiger partial charge in [0.2, 0.25) is 0 Å². The minimum absolute atomic E-state index is 0.0208. The minimum Gasteiger partial charge on any atom is -0.463 e. The number of hydrogen-bond acceptors (Lipinski definition) is 4. The van der Waals surface area contributed by atoms with Crippen molar-refractivity contribution in [2.45, 2.75) is 45.1 Å². The van der Waals surface area contributed by atoms with Gasteiger partial charge in [0.1, 0.15) is 6.10 Å². The van der Waals surface area contributed by atoms with Gasteiger partial charge in [0.05, 0.1) is 6.61 Å². The van der Waals surface area contributed by atoms with Crippen LogP contribution >= 0.6 is 0 Å². The van der Waals surface area contributed by atoms with Crippen molar-refractivity contribution < 1.29 is 19.1 Å². The molecule has 3 saturated carbocycles. The maximum absolute atomic E-state index is 11.4. The number of carbonyl (C=O) groups is 2.